The van der Waals surface area contributed by atoms with Crippen LogP contribution in [0.4, 0.5) is 16.3 Å². The molecule has 18 heavy (non-hydrogen) atoms. The third kappa shape index (κ3) is 2.68. The number of amides is 2. The molecule has 2 rings (SSSR count). The van der Waals surface area contributed by atoms with Crippen molar-refractivity contribution in [3.8, 4) is 0 Å². The van der Waals surface area contributed by atoms with Crippen molar-refractivity contribution >= 4 is 17.5 Å². The van der Waals surface area contributed by atoms with Gasteiger partial charge in [-0.2, -0.15) is 5.10 Å². The van der Waals surface area contributed by atoms with Crippen molar-refractivity contribution in [3.05, 3.63) is 41.1 Å². The van der Waals surface area contributed by atoms with Gasteiger partial charge in [0.05, 0.1) is 0 Å². The van der Waals surface area contributed by atoms with Gasteiger partial charge >= 0.3 is 6.03 Å². The molecule has 5 nitrogen and oxygen atoms in total. The fourth-order valence-electron chi connectivity index (χ4n) is 1.60. The molecule has 0 aliphatic heterocycles. The summed E-state index contributed by atoms with van der Waals surface area (Å²) < 4.78 is 0. The van der Waals surface area contributed by atoms with Crippen molar-refractivity contribution in [2.24, 2.45) is 0 Å². The lowest BCUT2D eigenvalue weighted by atomic mass is 10.2. The highest BCUT2D eigenvalue weighted by molar-refractivity contribution is 5.99. The molecule has 0 bridgehead atoms. The predicted molar refractivity (Wildman–Crippen MR) is 71.9 cm³/mol. The third-order valence-electron chi connectivity index (χ3n) is 2.76. The van der Waals surface area contributed by atoms with E-state index in [0.717, 1.165) is 22.5 Å². The summed E-state index contributed by atoms with van der Waals surface area (Å²) in [6.07, 6.45) is 0. The van der Waals surface area contributed by atoms with Gasteiger partial charge in [0.15, 0.2) is 5.82 Å². The average molecular weight is 244 g/mol. The van der Waals surface area contributed by atoms with E-state index >= 15 is 0 Å². The number of H-pyrrole nitrogens is 1. The van der Waals surface area contributed by atoms with E-state index in [1.165, 1.54) is 0 Å². The molecule has 0 fully saturated rings. The second kappa shape index (κ2) is 4.91. The Morgan fingerprint density at radius 3 is 2.61 bits per heavy atom. The van der Waals surface area contributed by atoms with Crippen molar-refractivity contribution in [3.63, 3.8) is 0 Å². The molecule has 0 aliphatic rings. The van der Waals surface area contributed by atoms with Gasteiger partial charge in [0.1, 0.15) is 0 Å². The lowest BCUT2D eigenvalue weighted by Gasteiger charge is -2.06. The number of urea groups is 1. The quantitative estimate of drug-likeness (QED) is 0.760. The molecule has 0 atom stereocenters. The number of aryl methyl sites for hydroxylation is 2. The summed E-state index contributed by atoms with van der Waals surface area (Å²) in [6, 6.07) is 7.33. The fourth-order valence-corrected chi connectivity index (χ4v) is 1.60. The van der Waals surface area contributed by atoms with E-state index in [1.54, 1.807) is 0 Å². The summed E-state index contributed by atoms with van der Waals surface area (Å²) in [4.78, 5) is 11.8. The summed E-state index contributed by atoms with van der Waals surface area (Å²) in [5, 5.41) is 12.3. The molecular formula is C13H16N4O. The lowest BCUT2D eigenvalue weighted by Crippen LogP contribution is -2.20. The monoisotopic (exact) mass is 244 g/mol. The largest absolute Gasteiger partial charge is 0.324 e. The van der Waals surface area contributed by atoms with Crippen LogP contribution in [0, 0.1) is 20.8 Å². The van der Waals surface area contributed by atoms with E-state index in [0.29, 0.717) is 5.82 Å². The molecule has 0 unspecified atom stereocenters. The first-order valence-corrected chi connectivity index (χ1v) is 5.72. The van der Waals surface area contributed by atoms with Gasteiger partial charge in [0.2, 0.25) is 0 Å². The molecule has 1 aromatic heterocycles. The van der Waals surface area contributed by atoms with Crippen LogP contribution >= 0.6 is 0 Å². The van der Waals surface area contributed by atoms with Crippen LogP contribution in [0.3, 0.4) is 0 Å². The number of anilines is 2. The SMILES string of the molecule is Cc1cccc(NC(=O)Nc2n[nH]c(C)c2C)c1. The van der Waals surface area contributed by atoms with E-state index in [9.17, 15) is 4.79 Å². The maximum atomic E-state index is 11.8. The van der Waals surface area contributed by atoms with Gasteiger partial charge in [0, 0.05) is 16.9 Å². The standard InChI is InChI=1S/C13H16N4O/c1-8-5-4-6-11(7-8)14-13(18)15-12-9(2)10(3)16-17-12/h4-7H,1-3H3,(H3,14,15,16,17,18). The van der Waals surface area contributed by atoms with Gasteiger partial charge in [-0.3, -0.25) is 10.4 Å². The maximum Gasteiger partial charge on any atom is 0.324 e. The molecule has 0 spiro atoms. The smallest absolute Gasteiger partial charge is 0.308 e. The van der Waals surface area contributed by atoms with E-state index < -0.39 is 0 Å². The molecule has 2 amide bonds. The highest BCUT2D eigenvalue weighted by atomic mass is 16.2. The van der Waals surface area contributed by atoms with Crippen molar-refractivity contribution in [2.75, 3.05) is 10.6 Å². The van der Waals surface area contributed by atoms with Crippen LogP contribution in [-0.2, 0) is 0 Å². The van der Waals surface area contributed by atoms with Crippen LogP contribution in [0.2, 0.25) is 0 Å². The molecule has 0 saturated carbocycles. The predicted octanol–water partition coefficient (Wildman–Crippen LogP) is 2.98. The minimum atomic E-state index is -0.296. The van der Waals surface area contributed by atoms with Crippen molar-refractivity contribution < 1.29 is 4.79 Å². The van der Waals surface area contributed by atoms with Gasteiger partial charge < -0.3 is 5.32 Å². The van der Waals surface area contributed by atoms with Crippen LogP contribution in [0.1, 0.15) is 16.8 Å². The van der Waals surface area contributed by atoms with Crippen LogP contribution in [0.5, 0.6) is 0 Å². The Hall–Kier alpha value is -2.30. The second-order valence-electron chi connectivity index (χ2n) is 4.27. The van der Waals surface area contributed by atoms with E-state index in [2.05, 4.69) is 20.8 Å². The molecule has 2 aromatic rings. The summed E-state index contributed by atoms with van der Waals surface area (Å²) in [7, 11) is 0. The first-order valence-electron chi connectivity index (χ1n) is 5.72. The number of aromatic nitrogens is 2. The Morgan fingerprint density at radius 2 is 2.00 bits per heavy atom. The summed E-state index contributed by atoms with van der Waals surface area (Å²) >= 11 is 0. The third-order valence-corrected chi connectivity index (χ3v) is 2.76. The number of aromatic amines is 1. The zero-order valence-corrected chi connectivity index (χ0v) is 10.7. The van der Waals surface area contributed by atoms with Crippen LogP contribution in [-0.4, -0.2) is 16.2 Å². The number of carbonyl (C=O) groups is 1. The molecule has 0 saturated heterocycles. The Morgan fingerprint density at radius 1 is 1.22 bits per heavy atom. The van der Waals surface area contributed by atoms with E-state index in [-0.39, 0.29) is 6.03 Å². The molecule has 94 valence electrons. The fraction of sp³-hybridized carbons (Fsp3) is 0.231. The van der Waals surface area contributed by atoms with Crippen molar-refractivity contribution in [1.29, 1.82) is 0 Å². The molecular weight excluding hydrogens is 228 g/mol. The Balaban J connectivity index is 2.03. The van der Waals surface area contributed by atoms with Crippen LogP contribution < -0.4 is 10.6 Å². The summed E-state index contributed by atoms with van der Waals surface area (Å²) in [5.41, 5.74) is 3.74. The van der Waals surface area contributed by atoms with Crippen molar-refractivity contribution in [1.82, 2.24) is 10.2 Å². The van der Waals surface area contributed by atoms with Gasteiger partial charge in [-0.05, 0) is 38.5 Å². The number of nitrogens with one attached hydrogen (secondary N) is 3. The summed E-state index contributed by atoms with van der Waals surface area (Å²) in [6.45, 7) is 5.79. The minimum Gasteiger partial charge on any atom is -0.308 e. The number of benzene rings is 1. The number of rotatable bonds is 2. The van der Waals surface area contributed by atoms with E-state index in [4.69, 9.17) is 0 Å². The molecule has 5 heteroatoms. The van der Waals surface area contributed by atoms with Gasteiger partial charge in [0.25, 0.3) is 0 Å². The molecule has 1 heterocycles. The van der Waals surface area contributed by atoms with Gasteiger partial charge in [-0.1, -0.05) is 12.1 Å². The highest BCUT2D eigenvalue weighted by Crippen LogP contribution is 2.15. The summed E-state index contributed by atoms with van der Waals surface area (Å²) in [5.74, 6) is 0.553. The minimum absolute atomic E-state index is 0.296. The van der Waals surface area contributed by atoms with Gasteiger partial charge in [-0.15, -0.1) is 0 Å². The first-order chi connectivity index (χ1) is 8.56. The van der Waals surface area contributed by atoms with Gasteiger partial charge in [-0.25, -0.2) is 4.79 Å². The van der Waals surface area contributed by atoms with E-state index in [1.807, 2.05) is 45.0 Å². The first kappa shape index (κ1) is 12.2. The zero-order chi connectivity index (χ0) is 13.1. The number of nitrogens with zero attached hydrogens (tertiary/aromatic N) is 1. The Labute approximate surface area is 106 Å². The molecule has 3 N–H and O–H groups in total. The lowest BCUT2D eigenvalue weighted by molar-refractivity contribution is 0.262. The normalized spacial score (nSPS) is 10.2. The molecule has 0 radical (unpaired) electrons. The second-order valence-corrected chi connectivity index (χ2v) is 4.27. The van der Waals surface area contributed by atoms with Crippen molar-refractivity contribution in [2.45, 2.75) is 20.8 Å². The Bertz CT molecular complexity index is 574. The highest BCUT2D eigenvalue weighted by Gasteiger charge is 2.09. The van der Waals surface area contributed by atoms with Crippen LogP contribution in [0.15, 0.2) is 24.3 Å². The van der Waals surface area contributed by atoms with Crippen LogP contribution in [0.25, 0.3) is 0 Å². The molecule has 1 aromatic carbocycles. The number of carbonyl (C=O) groups excluding carboxylic acids is 1. The maximum absolute atomic E-state index is 11.8. The zero-order valence-electron chi connectivity index (χ0n) is 10.7. The molecule has 0 aliphatic carbocycles. The number of hydrogen-bond donors (Lipinski definition) is 3. The topological polar surface area (TPSA) is 69.8 Å². The Kier molecular flexibility index (Phi) is 3.32. The average Bonchev–Trinajstić information content (AvgIpc) is 2.61. The number of hydrogen-bond acceptors (Lipinski definition) is 2.